The number of carboxylic acid groups (broad SMARTS) is 1. The molecule has 0 radical (unpaired) electrons. The smallest absolute Gasteiger partial charge is 0.306 e. The highest BCUT2D eigenvalue weighted by Crippen LogP contribution is 2.54. The molecule has 10 N–H and O–H groups in total. The number of hydrogen-bond donors (Lipinski definition) is 9. The van der Waals surface area contributed by atoms with Gasteiger partial charge in [0.2, 0.25) is 29.4 Å². The average Bonchev–Trinajstić information content (AvgIpc) is 1.52. The molecule has 10 rings (SSSR count). The second-order valence-corrected chi connectivity index (χ2v) is 35.4. The Morgan fingerprint density at radius 2 is 1.09 bits per heavy atom. The minimum Gasteiger partial charge on any atom is -0.481 e. The molecule has 37 heteroatoms. The summed E-state index contributed by atoms with van der Waals surface area (Å²) in [5.41, 5.74) is 5.80. The fraction of sp³-hybridized carbons (Fsp3) is 0.492. The van der Waals surface area contributed by atoms with E-state index < -0.39 is 115 Å². The number of allylic oxidation sites excluding steroid dienone is 6. The maximum Gasteiger partial charge on any atom is 0.306 e. The molecule has 0 saturated carbocycles. The summed E-state index contributed by atoms with van der Waals surface area (Å²) in [5, 5.41) is 12.5. The van der Waals surface area contributed by atoms with Gasteiger partial charge in [0, 0.05) is 116 Å². The lowest BCUT2D eigenvalue weighted by atomic mass is 9.75. The zero-order valence-corrected chi connectivity index (χ0v) is 59.9. The van der Waals surface area contributed by atoms with Crippen molar-refractivity contribution >= 4 is 129 Å². The molecule has 5 aromatic rings. The van der Waals surface area contributed by atoms with Crippen LogP contribution in [0.15, 0.2) is 104 Å². The fourth-order valence-electron chi connectivity index (χ4n) is 14.4. The van der Waals surface area contributed by atoms with E-state index in [0.717, 1.165) is 25.0 Å². The Morgan fingerprint density at radius 3 is 1.60 bits per heavy atom. The third-order valence-corrected chi connectivity index (χ3v) is 24.4. The molecule has 1 atom stereocenters. The van der Waals surface area contributed by atoms with E-state index in [1.807, 2.05) is 9.48 Å². The summed E-state index contributed by atoms with van der Waals surface area (Å²) < 4.78 is 214. The maximum atomic E-state index is 13.6. The SMILES string of the molecule is CC1(C)C(C=CC=CC=C2N(CCCS(=O)(=O)O)c3ccc4c(S(=O)(=O)O)cc(S(=O)(=O)O)cc4c3C2(C)CCCS(=O)(=O)O)=[N+](CCCCCC(=O)NC2CCN(c3nc(N4CCC(N)CC4)nc(N4CCC(C(=O)O)CC4)n3)CC2)c2ccc3c(S(=O)(=O)O)cc(S(=O)(=O)O)cc3c21. The summed E-state index contributed by atoms with van der Waals surface area (Å²) in [6.45, 7) is 8.72. The normalized spacial score (nSPS) is 19.9. The van der Waals surface area contributed by atoms with Gasteiger partial charge in [-0.25, -0.2) is 0 Å². The minimum absolute atomic E-state index is 0.0519. The number of hydrogen-bond acceptors (Lipinski definition) is 22. The van der Waals surface area contributed by atoms with Crippen LogP contribution in [0.4, 0.5) is 29.2 Å². The van der Waals surface area contributed by atoms with E-state index >= 15 is 0 Å². The number of piperidine rings is 3. The van der Waals surface area contributed by atoms with Crippen LogP contribution in [-0.4, -0.2) is 196 Å². The number of carbonyl (C=O) groups excluding carboxylic acids is 1. The van der Waals surface area contributed by atoms with Gasteiger partial charge >= 0.3 is 5.97 Å². The van der Waals surface area contributed by atoms with E-state index in [2.05, 4.69) is 15.1 Å². The summed E-state index contributed by atoms with van der Waals surface area (Å²) in [6.07, 6.45) is 12.8. The van der Waals surface area contributed by atoms with Crippen molar-refractivity contribution in [2.75, 3.05) is 83.5 Å². The Morgan fingerprint density at radius 1 is 0.590 bits per heavy atom. The van der Waals surface area contributed by atoms with Gasteiger partial charge in [-0.05, 0) is 150 Å². The van der Waals surface area contributed by atoms with Crippen LogP contribution < -0.4 is 30.7 Å². The first kappa shape index (κ1) is 75.5. The number of benzene rings is 4. The molecule has 1 aromatic heterocycles. The number of rotatable bonds is 26. The zero-order valence-electron chi connectivity index (χ0n) is 55.0. The van der Waals surface area contributed by atoms with E-state index in [0.29, 0.717) is 137 Å². The van der Waals surface area contributed by atoms with Crippen molar-refractivity contribution in [1.29, 1.82) is 0 Å². The number of anilines is 4. The van der Waals surface area contributed by atoms with Crippen molar-refractivity contribution in [2.45, 2.75) is 147 Å². The first-order valence-corrected chi connectivity index (χ1v) is 41.4. The number of nitrogens with one attached hydrogen (secondary N) is 1. The van der Waals surface area contributed by atoms with Crippen LogP contribution in [0.5, 0.6) is 0 Å². The number of aliphatic carboxylic acids is 1. The summed E-state index contributed by atoms with van der Waals surface area (Å²) in [6, 6.07) is 8.95. The number of unbranched alkanes of at least 4 members (excludes halogenated alkanes) is 2. The second-order valence-electron chi connectivity index (χ2n) is 26.6. The lowest BCUT2D eigenvalue weighted by molar-refractivity contribution is -0.438. The lowest BCUT2D eigenvalue weighted by Crippen LogP contribution is -2.46. The molecule has 5 aliphatic heterocycles. The van der Waals surface area contributed by atoms with E-state index in [1.54, 1.807) is 62.1 Å². The Kier molecular flexibility index (Phi) is 21.9. The molecular formula is C63H81N10O21S6+. The molecule has 31 nitrogen and oxygen atoms in total. The Bertz CT molecular complexity index is 4930. The number of fused-ring (bicyclic) bond motifs is 6. The number of carboxylic acids is 1. The van der Waals surface area contributed by atoms with Gasteiger partial charge in [-0.2, -0.15) is 70.0 Å². The van der Waals surface area contributed by atoms with Gasteiger partial charge in [0.05, 0.1) is 32.6 Å². The van der Waals surface area contributed by atoms with Gasteiger partial charge in [-0.1, -0.05) is 24.3 Å². The summed E-state index contributed by atoms with van der Waals surface area (Å²) in [7, 11) is -29.7. The largest absolute Gasteiger partial charge is 0.481 e. The maximum absolute atomic E-state index is 13.6. The highest BCUT2D eigenvalue weighted by atomic mass is 32.2. The standard InChI is InChI=1S/C63H80N10O21S6/c1-62(2)53(12-6-4-7-13-54-63(3,25-10-34-95(77,78)79)57-48-37-44(98(86,87)88)39-52(100(92,93)94)46(48)16-18-50(57)73(54)27-11-35-96(80,81)82)72(49-17-15-45-47(56(49)62)36-43(97(83,84)85)38-51(45)99(89,90)91)26-9-5-8-14-55(74)65-42-23-32-71(33-24-42)61-67-59(69-28-19-40(20-29-69)58(75)76)66-60(68-61)70-30-21-41(64)22-31-70/h4,6-7,12-13,15-18,36-42H,5,8-11,14,19-35,64H2,1-3H3,(H7-,65,74,75,76,77,78,79,80,81,82,83,84,85,86,87,88,89,90,91,92,93,94)/p+1. The number of carbonyl (C=O) groups is 2. The van der Waals surface area contributed by atoms with Gasteiger partial charge < -0.3 is 35.8 Å². The average molecular weight is 1510 g/mol. The van der Waals surface area contributed by atoms with Crippen LogP contribution in [-0.2, 0) is 81.1 Å². The third kappa shape index (κ3) is 17.0. The molecular weight excluding hydrogens is 1430 g/mol. The third-order valence-electron chi connectivity index (χ3n) is 19.4. The van der Waals surface area contributed by atoms with Gasteiger partial charge in [0.25, 0.3) is 60.7 Å². The molecule has 0 spiro atoms. The van der Waals surface area contributed by atoms with Gasteiger partial charge in [0.15, 0.2) is 5.71 Å². The summed E-state index contributed by atoms with van der Waals surface area (Å²) in [4.78, 5) is 44.3. The van der Waals surface area contributed by atoms with Crippen molar-refractivity contribution in [1.82, 2.24) is 20.3 Å². The molecule has 3 saturated heterocycles. The van der Waals surface area contributed by atoms with Gasteiger partial charge in [0.1, 0.15) is 16.3 Å². The Balaban J connectivity index is 0.918. The molecule has 5 aliphatic rings. The minimum atomic E-state index is -5.21. The second kappa shape index (κ2) is 28.9. The van der Waals surface area contributed by atoms with Crippen LogP contribution in [0.1, 0.15) is 115 Å². The first-order valence-electron chi connectivity index (χ1n) is 32.4. The molecule has 1 unspecified atom stereocenters. The molecule has 544 valence electrons. The van der Waals surface area contributed by atoms with Crippen LogP contribution >= 0.6 is 0 Å². The van der Waals surface area contributed by atoms with E-state index in [9.17, 15) is 92.5 Å². The fourth-order valence-corrected chi connectivity index (χ4v) is 18.1. The highest BCUT2D eigenvalue weighted by Gasteiger charge is 2.48. The van der Waals surface area contributed by atoms with E-state index in [-0.39, 0.29) is 89.6 Å². The van der Waals surface area contributed by atoms with Crippen LogP contribution in [0.3, 0.4) is 0 Å². The molecule has 0 bridgehead atoms. The highest BCUT2D eigenvalue weighted by molar-refractivity contribution is 7.87. The molecule has 1 amide bonds. The Labute approximate surface area is 580 Å². The van der Waals surface area contributed by atoms with Crippen molar-refractivity contribution in [2.24, 2.45) is 11.7 Å². The van der Waals surface area contributed by atoms with Crippen LogP contribution in [0.25, 0.3) is 21.5 Å². The molecule has 0 aliphatic carbocycles. The summed E-state index contributed by atoms with van der Waals surface area (Å²) in [5.74, 6) is -1.40. The molecule has 3 fully saturated rings. The lowest BCUT2D eigenvalue weighted by Gasteiger charge is -2.35. The van der Waals surface area contributed by atoms with Crippen LogP contribution in [0.2, 0.25) is 0 Å². The number of aromatic nitrogens is 3. The van der Waals surface area contributed by atoms with Crippen molar-refractivity contribution < 1.29 is 97.1 Å². The quantitative estimate of drug-likeness (QED) is 0.0136. The topological polar surface area (TPSA) is 473 Å². The predicted molar refractivity (Wildman–Crippen MR) is 371 cm³/mol. The van der Waals surface area contributed by atoms with Crippen molar-refractivity contribution in [3.63, 3.8) is 0 Å². The summed E-state index contributed by atoms with van der Waals surface area (Å²) >= 11 is 0. The predicted octanol–water partition coefficient (Wildman–Crippen LogP) is 5.84. The van der Waals surface area contributed by atoms with E-state index in [4.69, 9.17) is 20.7 Å². The van der Waals surface area contributed by atoms with Gasteiger partial charge in [-0.15, -0.1) is 0 Å². The number of nitrogens with zero attached hydrogens (tertiary/aromatic N) is 8. The van der Waals surface area contributed by atoms with Crippen LogP contribution in [0, 0.1) is 5.92 Å². The number of nitrogens with two attached hydrogens (primary N) is 1. The first-order chi connectivity index (χ1) is 46.6. The number of amides is 1. The zero-order chi connectivity index (χ0) is 72.9. The monoisotopic (exact) mass is 1510 g/mol. The molecule has 4 aromatic carbocycles. The molecule has 6 heterocycles. The van der Waals surface area contributed by atoms with Crippen molar-refractivity contribution in [3.05, 3.63) is 95.7 Å². The molecule has 100 heavy (non-hydrogen) atoms. The Hall–Kier alpha value is -7.14. The van der Waals surface area contributed by atoms with Crippen molar-refractivity contribution in [3.8, 4) is 0 Å². The van der Waals surface area contributed by atoms with E-state index in [1.165, 1.54) is 18.2 Å². The van der Waals surface area contributed by atoms with Gasteiger partial charge in [-0.3, -0.25) is 36.9 Å².